The molecule has 0 aliphatic carbocycles. The van der Waals surface area contributed by atoms with Gasteiger partial charge in [0.1, 0.15) is 6.04 Å². The first-order chi connectivity index (χ1) is 9.93. The minimum absolute atomic E-state index is 0.177. The van der Waals surface area contributed by atoms with Crippen LogP contribution in [0.3, 0.4) is 0 Å². The molecular weight excluding hydrogens is 290 g/mol. The van der Waals surface area contributed by atoms with Gasteiger partial charge in [-0.3, -0.25) is 4.79 Å². The number of esters is 1. The third-order valence-electron chi connectivity index (χ3n) is 3.50. The average Bonchev–Trinajstić information content (AvgIpc) is 2.42. The zero-order valence-corrected chi connectivity index (χ0v) is 12.9. The van der Waals surface area contributed by atoms with E-state index in [9.17, 15) is 9.59 Å². The Bertz CT molecular complexity index is 597. The summed E-state index contributed by atoms with van der Waals surface area (Å²) in [6, 6.07) is 4.69. The van der Waals surface area contributed by atoms with Crippen LogP contribution < -0.4 is 0 Å². The van der Waals surface area contributed by atoms with Gasteiger partial charge in [0.05, 0.1) is 5.76 Å². The van der Waals surface area contributed by atoms with E-state index in [2.05, 4.69) is 6.58 Å². The fraction of sp³-hybridized carbons (Fsp3) is 0.375. The fourth-order valence-corrected chi connectivity index (χ4v) is 2.69. The van der Waals surface area contributed by atoms with Crippen LogP contribution in [0.25, 0.3) is 0 Å². The van der Waals surface area contributed by atoms with Crippen molar-refractivity contribution in [3.8, 4) is 0 Å². The molecule has 1 aromatic carbocycles. The molecule has 112 valence electrons. The summed E-state index contributed by atoms with van der Waals surface area (Å²) in [6.07, 6.45) is 1.20. The molecule has 0 aromatic heterocycles. The van der Waals surface area contributed by atoms with E-state index in [-0.39, 0.29) is 5.91 Å². The van der Waals surface area contributed by atoms with Crippen molar-refractivity contribution in [1.29, 1.82) is 0 Å². The molecule has 0 fully saturated rings. The number of carbonyl (C=O) groups is 2. The maximum atomic E-state index is 12.6. The number of benzene rings is 1. The van der Waals surface area contributed by atoms with E-state index in [1.807, 2.05) is 13.0 Å². The number of halogens is 1. The second-order valence-corrected chi connectivity index (χ2v) is 5.53. The Hall–Kier alpha value is -1.81. The van der Waals surface area contributed by atoms with Crippen LogP contribution in [0, 0.1) is 0 Å². The molecule has 1 aromatic rings. The highest BCUT2D eigenvalue weighted by Crippen LogP contribution is 2.25. The molecule has 1 aliphatic heterocycles. The first-order valence-electron chi connectivity index (χ1n) is 6.90. The lowest BCUT2D eigenvalue weighted by molar-refractivity contribution is -0.144. The van der Waals surface area contributed by atoms with Crippen LogP contribution in [0.5, 0.6) is 0 Å². The lowest BCUT2D eigenvalue weighted by Crippen LogP contribution is -2.48. The monoisotopic (exact) mass is 307 g/mol. The van der Waals surface area contributed by atoms with E-state index >= 15 is 0 Å². The Morgan fingerprint density at radius 3 is 2.86 bits per heavy atom. The second-order valence-electron chi connectivity index (χ2n) is 5.10. The number of rotatable bonds is 4. The summed E-state index contributed by atoms with van der Waals surface area (Å²) in [4.78, 5) is 26.3. The summed E-state index contributed by atoms with van der Waals surface area (Å²) >= 11 is 5.96. The van der Waals surface area contributed by atoms with E-state index in [0.29, 0.717) is 35.7 Å². The van der Waals surface area contributed by atoms with Crippen LogP contribution >= 0.6 is 11.6 Å². The Kier molecular flexibility index (Phi) is 4.68. The van der Waals surface area contributed by atoms with E-state index in [1.165, 1.54) is 0 Å². The predicted molar refractivity (Wildman–Crippen MR) is 81.2 cm³/mol. The molecule has 21 heavy (non-hydrogen) atoms. The summed E-state index contributed by atoms with van der Waals surface area (Å²) < 4.78 is 5.06. The van der Waals surface area contributed by atoms with Gasteiger partial charge >= 0.3 is 5.97 Å². The number of allylic oxidation sites excluding steroid dienone is 1. The molecule has 4 nitrogen and oxygen atoms in total. The maximum absolute atomic E-state index is 12.6. The lowest BCUT2D eigenvalue weighted by Gasteiger charge is -2.33. The number of hydrogen-bond donors (Lipinski definition) is 0. The average molecular weight is 308 g/mol. The summed E-state index contributed by atoms with van der Waals surface area (Å²) in [5, 5.41) is 0.515. The molecule has 0 saturated heterocycles. The first-order valence-corrected chi connectivity index (χ1v) is 7.28. The van der Waals surface area contributed by atoms with E-state index in [4.69, 9.17) is 16.3 Å². The van der Waals surface area contributed by atoms with Gasteiger partial charge in [0, 0.05) is 17.1 Å². The van der Waals surface area contributed by atoms with Crippen LogP contribution in [0.1, 0.15) is 36.2 Å². The van der Waals surface area contributed by atoms with Crippen molar-refractivity contribution in [3.05, 3.63) is 46.7 Å². The van der Waals surface area contributed by atoms with Gasteiger partial charge in [0.2, 0.25) is 0 Å². The molecule has 1 heterocycles. The summed E-state index contributed by atoms with van der Waals surface area (Å²) in [5.41, 5.74) is 1.53. The molecule has 0 bridgehead atoms. The largest absolute Gasteiger partial charge is 0.430 e. The van der Waals surface area contributed by atoms with Crippen molar-refractivity contribution in [3.63, 3.8) is 0 Å². The topological polar surface area (TPSA) is 46.6 Å². The van der Waals surface area contributed by atoms with Crippen molar-refractivity contribution in [2.45, 2.75) is 32.7 Å². The molecular formula is C16H18ClNO3. The van der Waals surface area contributed by atoms with Crippen molar-refractivity contribution in [1.82, 2.24) is 4.90 Å². The molecule has 0 unspecified atom stereocenters. The Labute approximate surface area is 129 Å². The Morgan fingerprint density at radius 2 is 2.24 bits per heavy atom. The minimum Gasteiger partial charge on any atom is -0.430 e. The quantitative estimate of drug-likeness (QED) is 0.634. The smallest absolute Gasteiger partial charge is 0.333 e. The van der Waals surface area contributed by atoms with E-state index in [1.54, 1.807) is 24.0 Å². The van der Waals surface area contributed by atoms with Crippen LogP contribution in [0.2, 0.25) is 5.02 Å². The zero-order valence-electron chi connectivity index (χ0n) is 12.2. The number of ether oxygens (including phenoxy) is 1. The van der Waals surface area contributed by atoms with Gasteiger partial charge in [-0.25, -0.2) is 4.79 Å². The molecule has 0 radical (unpaired) electrons. The molecule has 1 atom stereocenters. The predicted octanol–water partition coefficient (Wildman–Crippen LogP) is 3.19. The van der Waals surface area contributed by atoms with Crippen LogP contribution in [-0.2, 0) is 16.0 Å². The van der Waals surface area contributed by atoms with Crippen LogP contribution in [0.4, 0.5) is 0 Å². The van der Waals surface area contributed by atoms with Gasteiger partial charge < -0.3 is 9.64 Å². The van der Waals surface area contributed by atoms with Gasteiger partial charge in [0.15, 0.2) is 0 Å². The minimum atomic E-state index is -0.596. The highest BCUT2D eigenvalue weighted by molar-refractivity contribution is 6.31. The highest BCUT2D eigenvalue weighted by Gasteiger charge is 2.34. The van der Waals surface area contributed by atoms with Gasteiger partial charge in [-0.15, -0.1) is 0 Å². The van der Waals surface area contributed by atoms with E-state index < -0.39 is 12.0 Å². The van der Waals surface area contributed by atoms with Crippen LogP contribution in [-0.4, -0.2) is 29.4 Å². The first kappa shape index (κ1) is 15.6. The Morgan fingerprint density at radius 1 is 1.52 bits per heavy atom. The van der Waals surface area contributed by atoms with E-state index in [0.717, 1.165) is 5.56 Å². The fourth-order valence-electron chi connectivity index (χ4n) is 2.51. The maximum Gasteiger partial charge on any atom is 0.333 e. The van der Waals surface area contributed by atoms with Crippen molar-refractivity contribution < 1.29 is 14.3 Å². The molecule has 0 N–H and O–H groups in total. The second kappa shape index (κ2) is 6.31. The molecule has 0 spiro atoms. The summed E-state index contributed by atoms with van der Waals surface area (Å²) in [5.74, 6) is -0.292. The zero-order chi connectivity index (χ0) is 15.6. The molecule has 0 saturated carbocycles. The standard InChI is InChI=1S/C16H18ClNO3/c1-4-14(16(20)21-10(2)3)18-8-7-11-5-6-12(17)9-13(11)15(18)19/h5-6,9,14H,2,4,7-8H2,1,3H3/t14-/m0/s1. The number of carbonyl (C=O) groups excluding carboxylic acids is 2. The van der Waals surface area contributed by atoms with Crippen LogP contribution in [0.15, 0.2) is 30.5 Å². The van der Waals surface area contributed by atoms with Gasteiger partial charge in [-0.2, -0.15) is 0 Å². The summed E-state index contributed by atoms with van der Waals surface area (Å²) in [6.45, 7) is 7.52. The van der Waals surface area contributed by atoms with Crippen molar-refractivity contribution >= 4 is 23.5 Å². The summed E-state index contributed by atoms with van der Waals surface area (Å²) in [7, 11) is 0. The Balaban J connectivity index is 2.27. The normalized spacial score (nSPS) is 15.4. The van der Waals surface area contributed by atoms with Crippen molar-refractivity contribution in [2.24, 2.45) is 0 Å². The van der Waals surface area contributed by atoms with Crippen molar-refractivity contribution in [2.75, 3.05) is 6.54 Å². The molecule has 5 heteroatoms. The number of amides is 1. The SMILES string of the molecule is C=C(C)OC(=O)[C@H](CC)N1CCc2ccc(Cl)cc2C1=O. The third kappa shape index (κ3) is 3.27. The van der Waals surface area contributed by atoms with Gasteiger partial charge in [0.25, 0.3) is 5.91 Å². The number of fused-ring (bicyclic) bond motifs is 1. The van der Waals surface area contributed by atoms with Gasteiger partial charge in [-0.1, -0.05) is 31.2 Å². The molecule has 2 rings (SSSR count). The number of hydrogen-bond acceptors (Lipinski definition) is 3. The molecule has 1 aliphatic rings. The third-order valence-corrected chi connectivity index (χ3v) is 3.73. The molecule has 1 amide bonds. The highest BCUT2D eigenvalue weighted by atomic mass is 35.5. The number of nitrogens with zero attached hydrogens (tertiary/aromatic N) is 1. The lowest BCUT2D eigenvalue weighted by atomic mass is 9.97. The van der Waals surface area contributed by atoms with Gasteiger partial charge in [-0.05, 0) is 37.5 Å².